The van der Waals surface area contributed by atoms with E-state index in [1.54, 1.807) is 18.3 Å². The molecule has 4 atom stereocenters. The molecule has 4 nitrogen and oxygen atoms in total. The monoisotopic (exact) mass is 302 g/mol. The van der Waals surface area contributed by atoms with Crippen molar-refractivity contribution in [2.45, 2.75) is 39.7 Å². The van der Waals surface area contributed by atoms with Crippen LogP contribution in [-0.2, 0) is 4.74 Å². The van der Waals surface area contributed by atoms with Crippen LogP contribution in [0, 0.1) is 23.2 Å². The number of fused-ring (bicyclic) bond motifs is 2. The first-order valence-electron chi connectivity index (χ1n) is 8.15. The lowest BCUT2D eigenvalue weighted by Gasteiger charge is -2.61. The van der Waals surface area contributed by atoms with E-state index < -0.39 is 0 Å². The van der Waals surface area contributed by atoms with E-state index in [1.165, 1.54) is 6.42 Å². The molecular weight excluding hydrogens is 276 g/mol. The number of nitrogens with zero attached hydrogens (tertiary/aromatic N) is 2. The molecular formula is C18H26N2O2. The number of aromatic nitrogens is 1. The van der Waals surface area contributed by atoms with Crippen LogP contribution in [0.2, 0.25) is 0 Å². The molecule has 0 aliphatic heterocycles. The topological polar surface area (TPSA) is 42.4 Å². The highest BCUT2D eigenvalue weighted by atomic mass is 16.5. The highest BCUT2D eigenvalue weighted by Crippen LogP contribution is 2.61. The predicted molar refractivity (Wildman–Crippen MR) is 86.9 cm³/mol. The van der Waals surface area contributed by atoms with Gasteiger partial charge in [0.1, 0.15) is 17.5 Å². The molecule has 1 aromatic heterocycles. The van der Waals surface area contributed by atoms with Crippen molar-refractivity contribution in [2.75, 3.05) is 19.0 Å². The van der Waals surface area contributed by atoms with Crippen LogP contribution in [0.1, 0.15) is 44.0 Å². The molecule has 22 heavy (non-hydrogen) atoms. The number of anilines is 1. The molecule has 3 fully saturated rings. The third-order valence-electron chi connectivity index (χ3n) is 5.97. The van der Waals surface area contributed by atoms with Crippen LogP contribution in [0.4, 0.5) is 5.82 Å². The van der Waals surface area contributed by atoms with Crippen LogP contribution in [0.3, 0.4) is 0 Å². The third-order valence-corrected chi connectivity index (χ3v) is 5.97. The van der Waals surface area contributed by atoms with Crippen molar-refractivity contribution < 1.29 is 9.53 Å². The first kappa shape index (κ1) is 15.3. The Morgan fingerprint density at radius 3 is 2.68 bits per heavy atom. The molecule has 0 saturated heterocycles. The van der Waals surface area contributed by atoms with Gasteiger partial charge in [-0.3, -0.25) is 0 Å². The van der Waals surface area contributed by atoms with Crippen LogP contribution in [-0.4, -0.2) is 31.2 Å². The molecule has 0 N–H and O–H groups in total. The Labute approximate surface area is 132 Å². The number of hydrogen-bond acceptors (Lipinski definition) is 4. The van der Waals surface area contributed by atoms with Gasteiger partial charge in [-0.15, -0.1) is 0 Å². The third kappa shape index (κ3) is 2.29. The molecule has 4 heteroatoms. The molecule has 0 amide bonds. The molecule has 1 heterocycles. The van der Waals surface area contributed by atoms with Crippen molar-refractivity contribution >= 4 is 11.8 Å². The minimum Gasteiger partial charge on any atom is -0.458 e. The SMILES string of the molecule is C[C@H]1[C@@H](OC(=O)c2cccnc2N(C)C)C[C@H]2C[C@@H]1C2(C)C. The predicted octanol–water partition coefficient (Wildman–Crippen LogP) is 3.38. The van der Waals surface area contributed by atoms with Gasteiger partial charge >= 0.3 is 5.97 Å². The highest BCUT2D eigenvalue weighted by Gasteiger charge is 2.57. The van der Waals surface area contributed by atoms with Crippen LogP contribution in [0.5, 0.6) is 0 Å². The number of carbonyl (C=O) groups excluding carboxylic acids is 1. The first-order valence-corrected chi connectivity index (χ1v) is 8.15. The Bertz CT molecular complexity index is 582. The second kappa shape index (κ2) is 5.25. The van der Waals surface area contributed by atoms with Gasteiger partial charge in [0.25, 0.3) is 0 Å². The zero-order valence-electron chi connectivity index (χ0n) is 14.2. The van der Waals surface area contributed by atoms with E-state index in [4.69, 9.17) is 4.74 Å². The lowest BCUT2D eigenvalue weighted by molar-refractivity contribution is -0.156. The summed E-state index contributed by atoms with van der Waals surface area (Å²) < 4.78 is 5.87. The molecule has 120 valence electrons. The number of ether oxygens (including phenoxy) is 1. The normalized spacial score (nSPS) is 32.0. The standard InChI is InChI=1S/C18H26N2O2/c1-11-14-9-12(18(14,2)3)10-15(11)22-17(21)13-7-6-8-19-16(13)20(4)5/h6-8,11-12,14-15H,9-10H2,1-5H3/t11-,12-,14+,15+/m1/s1. The number of rotatable bonds is 3. The number of carbonyl (C=O) groups is 1. The summed E-state index contributed by atoms with van der Waals surface area (Å²) in [6, 6.07) is 3.58. The summed E-state index contributed by atoms with van der Waals surface area (Å²) in [4.78, 5) is 18.7. The summed E-state index contributed by atoms with van der Waals surface area (Å²) in [6.07, 6.45) is 4.03. The Balaban J connectivity index is 1.74. The summed E-state index contributed by atoms with van der Waals surface area (Å²) in [6.45, 7) is 6.94. The van der Waals surface area contributed by atoms with E-state index in [0.717, 1.165) is 6.42 Å². The molecule has 0 radical (unpaired) electrons. The summed E-state index contributed by atoms with van der Waals surface area (Å²) in [5, 5.41) is 0. The van der Waals surface area contributed by atoms with Gasteiger partial charge in [-0.25, -0.2) is 9.78 Å². The molecule has 0 spiro atoms. The fourth-order valence-corrected chi connectivity index (χ4v) is 4.37. The van der Waals surface area contributed by atoms with E-state index in [9.17, 15) is 4.79 Å². The van der Waals surface area contributed by atoms with Crippen molar-refractivity contribution in [2.24, 2.45) is 23.2 Å². The van der Waals surface area contributed by atoms with E-state index >= 15 is 0 Å². The molecule has 3 aliphatic rings. The Morgan fingerprint density at radius 2 is 2.09 bits per heavy atom. The van der Waals surface area contributed by atoms with Gasteiger partial charge in [0.15, 0.2) is 0 Å². The lowest BCUT2D eigenvalue weighted by atomic mass is 9.45. The lowest BCUT2D eigenvalue weighted by Crippen LogP contribution is -2.57. The smallest absolute Gasteiger partial charge is 0.342 e. The van der Waals surface area contributed by atoms with Crippen molar-refractivity contribution in [3.63, 3.8) is 0 Å². The minimum absolute atomic E-state index is 0.0412. The Kier molecular flexibility index (Phi) is 3.66. The van der Waals surface area contributed by atoms with Crippen molar-refractivity contribution in [3.05, 3.63) is 23.9 Å². The maximum atomic E-state index is 12.6. The van der Waals surface area contributed by atoms with Gasteiger partial charge in [0.05, 0.1) is 0 Å². The van der Waals surface area contributed by atoms with Gasteiger partial charge in [0.2, 0.25) is 0 Å². The first-order chi connectivity index (χ1) is 10.3. The van der Waals surface area contributed by atoms with Crippen LogP contribution < -0.4 is 4.90 Å². The average Bonchev–Trinajstić information content (AvgIpc) is 2.48. The fourth-order valence-electron chi connectivity index (χ4n) is 4.37. The van der Waals surface area contributed by atoms with E-state index in [1.807, 2.05) is 19.0 Å². The Morgan fingerprint density at radius 1 is 1.36 bits per heavy atom. The number of hydrogen-bond donors (Lipinski definition) is 0. The second-order valence-corrected chi connectivity index (χ2v) is 7.67. The molecule has 3 aliphatic carbocycles. The molecule has 1 aromatic rings. The van der Waals surface area contributed by atoms with Crippen molar-refractivity contribution in [1.82, 2.24) is 4.98 Å². The van der Waals surface area contributed by atoms with Crippen molar-refractivity contribution in [3.8, 4) is 0 Å². The average molecular weight is 302 g/mol. The minimum atomic E-state index is -0.243. The summed E-state index contributed by atoms with van der Waals surface area (Å²) in [5.74, 6) is 2.22. The van der Waals surface area contributed by atoms with E-state index in [2.05, 4.69) is 25.8 Å². The zero-order valence-corrected chi connectivity index (χ0v) is 14.2. The van der Waals surface area contributed by atoms with Gasteiger partial charge in [-0.05, 0) is 48.1 Å². The summed E-state index contributed by atoms with van der Waals surface area (Å²) in [7, 11) is 3.78. The molecule has 0 aromatic carbocycles. The number of pyridine rings is 1. The van der Waals surface area contributed by atoms with Gasteiger partial charge in [0, 0.05) is 20.3 Å². The Hall–Kier alpha value is -1.58. The second-order valence-electron chi connectivity index (χ2n) is 7.67. The van der Waals surface area contributed by atoms with Crippen LogP contribution >= 0.6 is 0 Å². The summed E-state index contributed by atoms with van der Waals surface area (Å²) in [5.41, 5.74) is 0.962. The highest BCUT2D eigenvalue weighted by molar-refractivity contribution is 5.94. The molecule has 0 unspecified atom stereocenters. The maximum absolute atomic E-state index is 12.6. The van der Waals surface area contributed by atoms with Crippen LogP contribution in [0.15, 0.2) is 18.3 Å². The van der Waals surface area contributed by atoms with Gasteiger partial charge in [-0.1, -0.05) is 20.8 Å². The molecule has 2 bridgehead atoms. The van der Waals surface area contributed by atoms with E-state index in [0.29, 0.717) is 34.6 Å². The number of esters is 1. The summed E-state index contributed by atoms with van der Waals surface area (Å²) >= 11 is 0. The fraction of sp³-hybridized carbons (Fsp3) is 0.667. The zero-order chi connectivity index (χ0) is 16.1. The van der Waals surface area contributed by atoms with Crippen molar-refractivity contribution in [1.29, 1.82) is 0 Å². The van der Waals surface area contributed by atoms with Gasteiger partial charge in [-0.2, -0.15) is 0 Å². The maximum Gasteiger partial charge on any atom is 0.342 e. The molecule has 4 rings (SSSR count). The molecule has 3 saturated carbocycles. The quantitative estimate of drug-likeness (QED) is 0.803. The van der Waals surface area contributed by atoms with E-state index in [-0.39, 0.29) is 12.1 Å². The van der Waals surface area contributed by atoms with Crippen LogP contribution in [0.25, 0.3) is 0 Å². The van der Waals surface area contributed by atoms with Gasteiger partial charge < -0.3 is 9.64 Å². The largest absolute Gasteiger partial charge is 0.458 e.